The number of rotatable bonds is 5. The summed E-state index contributed by atoms with van der Waals surface area (Å²) in [6.07, 6.45) is 3.26. The van der Waals surface area contributed by atoms with E-state index in [0.29, 0.717) is 18.6 Å². The summed E-state index contributed by atoms with van der Waals surface area (Å²) < 4.78 is 18.2. The van der Waals surface area contributed by atoms with Crippen LogP contribution in [0.25, 0.3) is 0 Å². The molecule has 3 amide bonds. The number of carbonyl (C=O) groups is 2. The molecule has 1 saturated heterocycles. The third-order valence-electron chi connectivity index (χ3n) is 5.13. The lowest BCUT2D eigenvalue weighted by atomic mass is 9.81. The van der Waals surface area contributed by atoms with Gasteiger partial charge in [0.1, 0.15) is 29.8 Å². The molecule has 1 aliphatic carbocycles. The molecule has 25 heavy (non-hydrogen) atoms. The van der Waals surface area contributed by atoms with Gasteiger partial charge in [0.05, 0.1) is 6.54 Å². The molecule has 136 valence electrons. The summed E-state index contributed by atoms with van der Waals surface area (Å²) in [5.74, 6) is -0.178. The number of β-amino-alcohol motifs (C(OH)–C–C–N with tert-alkyl or cyclic N) is 1. The third-order valence-corrected chi connectivity index (χ3v) is 5.13. The maximum Gasteiger partial charge on any atom is 0.327 e. The van der Waals surface area contributed by atoms with E-state index >= 15 is 0 Å². The number of carbonyl (C=O) groups excluding carboxylic acids is 2. The number of likely N-dealkylation sites (N-methyl/N-ethyl adjacent to an activating group) is 1. The number of benzene rings is 1. The quantitative estimate of drug-likeness (QED) is 0.826. The zero-order valence-corrected chi connectivity index (χ0v) is 14.3. The lowest BCUT2D eigenvalue weighted by molar-refractivity contribution is -0.135. The molecule has 3 rings (SSSR count). The van der Waals surface area contributed by atoms with Gasteiger partial charge in [0.2, 0.25) is 0 Å². The monoisotopic (exact) mass is 350 g/mol. The largest absolute Gasteiger partial charge is 0.491 e. The van der Waals surface area contributed by atoms with Crippen LogP contribution < -0.4 is 4.74 Å². The van der Waals surface area contributed by atoms with Gasteiger partial charge in [0, 0.05) is 7.05 Å². The molecule has 2 aliphatic rings. The maximum atomic E-state index is 12.9. The van der Waals surface area contributed by atoms with Crippen LogP contribution in [0.5, 0.6) is 5.75 Å². The smallest absolute Gasteiger partial charge is 0.327 e. The van der Waals surface area contributed by atoms with E-state index in [9.17, 15) is 19.1 Å². The summed E-state index contributed by atoms with van der Waals surface area (Å²) in [5, 5.41) is 10.2. The lowest BCUT2D eigenvalue weighted by Crippen LogP contribution is -2.49. The van der Waals surface area contributed by atoms with Crippen LogP contribution in [-0.2, 0) is 4.79 Å². The Morgan fingerprint density at radius 1 is 1.20 bits per heavy atom. The number of ether oxygens (including phenoxy) is 1. The highest BCUT2D eigenvalue weighted by molar-refractivity contribution is 6.07. The third kappa shape index (κ3) is 3.33. The van der Waals surface area contributed by atoms with E-state index in [0.717, 1.165) is 24.2 Å². The van der Waals surface area contributed by atoms with Crippen LogP contribution >= 0.6 is 0 Å². The van der Waals surface area contributed by atoms with Crippen molar-refractivity contribution in [1.29, 1.82) is 0 Å². The Morgan fingerprint density at radius 2 is 1.84 bits per heavy atom. The lowest BCUT2D eigenvalue weighted by Gasteiger charge is -2.35. The second kappa shape index (κ2) is 7.00. The van der Waals surface area contributed by atoms with Gasteiger partial charge in [-0.05, 0) is 37.1 Å². The van der Waals surface area contributed by atoms with Crippen molar-refractivity contribution in [1.82, 2.24) is 9.80 Å². The minimum absolute atomic E-state index is 0.0839. The zero-order chi connectivity index (χ0) is 18.0. The van der Waals surface area contributed by atoms with Crippen molar-refractivity contribution in [2.45, 2.75) is 43.7 Å². The van der Waals surface area contributed by atoms with Gasteiger partial charge < -0.3 is 14.7 Å². The first-order valence-electron chi connectivity index (χ1n) is 8.60. The second-order valence-corrected chi connectivity index (χ2v) is 6.77. The van der Waals surface area contributed by atoms with Crippen LogP contribution in [0.3, 0.4) is 0 Å². The number of imide groups is 1. The summed E-state index contributed by atoms with van der Waals surface area (Å²) >= 11 is 0. The molecule has 1 aromatic carbocycles. The van der Waals surface area contributed by atoms with E-state index in [1.807, 2.05) is 0 Å². The van der Waals surface area contributed by atoms with Crippen molar-refractivity contribution in [2.24, 2.45) is 0 Å². The molecule has 2 fully saturated rings. The number of urea groups is 1. The molecule has 1 atom stereocenters. The van der Waals surface area contributed by atoms with E-state index in [2.05, 4.69) is 0 Å². The van der Waals surface area contributed by atoms with Gasteiger partial charge in [0.25, 0.3) is 5.91 Å². The molecule has 0 aromatic heterocycles. The van der Waals surface area contributed by atoms with Crippen molar-refractivity contribution in [3.05, 3.63) is 30.1 Å². The van der Waals surface area contributed by atoms with E-state index in [4.69, 9.17) is 4.74 Å². The molecule has 0 unspecified atom stereocenters. The Balaban J connectivity index is 1.60. The van der Waals surface area contributed by atoms with Crippen molar-refractivity contribution < 1.29 is 23.8 Å². The molecule has 1 heterocycles. The van der Waals surface area contributed by atoms with Gasteiger partial charge in [-0.1, -0.05) is 19.3 Å². The van der Waals surface area contributed by atoms with E-state index in [-0.39, 0.29) is 30.9 Å². The van der Waals surface area contributed by atoms with Crippen LogP contribution in [0.2, 0.25) is 0 Å². The summed E-state index contributed by atoms with van der Waals surface area (Å²) in [6, 6.07) is 5.07. The van der Waals surface area contributed by atoms with Crippen molar-refractivity contribution in [2.75, 3.05) is 20.2 Å². The maximum absolute atomic E-state index is 12.9. The molecule has 1 aliphatic heterocycles. The molecule has 1 saturated carbocycles. The average Bonchev–Trinajstić information content (AvgIpc) is 2.78. The second-order valence-electron chi connectivity index (χ2n) is 6.77. The SMILES string of the molecule is CN1C(=O)N(C[C@H](O)COc2ccc(F)cc2)C(=O)C12CCCCC2. The molecule has 1 N–H and O–H groups in total. The van der Waals surface area contributed by atoms with Gasteiger partial charge in [-0.25, -0.2) is 9.18 Å². The summed E-state index contributed by atoms with van der Waals surface area (Å²) in [6.45, 7) is -0.190. The summed E-state index contributed by atoms with van der Waals surface area (Å²) in [7, 11) is 1.66. The molecular weight excluding hydrogens is 327 g/mol. The number of hydrogen-bond donors (Lipinski definition) is 1. The van der Waals surface area contributed by atoms with Crippen LogP contribution in [0, 0.1) is 5.82 Å². The molecule has 0 radical (unpaired) electrons. The van der Waals surface area contributed by atoms with Crippen LogP contribution in [0.15, 0.2) is 24.3 Å². The van der Waals surface area contributed by atoms with Crippen molar-refractivity contribution in [3.63, 3.8) is 0 Å². The Labute approximate surface area is 146 Å². The zero-order valence-electron chi connectivity index (χ0n) is 14.3. The minimum atomic E-state index is -1.01. The first-order valence-corrected chi connectivity index (χ1v) is 8.60. The predicted molar refractivity (Wildman–Crippen MR) is 88.6 cm³/mol. The number of aliphatic hydroxyl groups is 1. The molecule has 0 bridgehead atoms. The fraction of sp³-hybridized carbons (Fsp3) is 0.556. The first-order chi connectivity index (χ1) is 11.9. The van der Waals surface area contributed by atoms with E-state index in [1.54, 1.807) is 7.05 Å². The minimum Gasteiger partial charge on any atom is -0.491 e. The number of nitrogens with zero attached hydrogens (tertiary/aromatic N) is 2. The van der Waals surface area contributed by atoms with Crippen molar-refractivity contribution >= 4 is 11.9 Å². The predicted octanol–water partition coefficient (Wildman–Crippen LogP) is 2.16. The molecular formula is C18H23FN2O4. The van der Waals surface area contributed by atoms with Crippen molar-refractivity contribution in [3.8, 4) is 5.75 Å². The summed E-state index contributed by atoms with van der Waals surface area (Å²) in [5.41, 5.74) is -0.743. The fourth-order valence-corrected chi connectivity index (χ4v) is 3.68. The van der Waals surface area contributed by atoms with Gasteiger partial charge in [-0.3, -0.25) is 9.69 Å². The van der Waals surface area contributed by atoms with Gasteiger partial charge >= 0.3 is 6.03 Å². The highest BCUT2D eigenvalue weighted by Crippen LogP contribution is 2.39. The first kappa shape index (κ1) is 17.7. The number of aliphatic hydroxyl groups excluding tert-OH is 1. The van der Waals surface area contributed by atoms with Crippen LogP contribution in [0.4, 0.5) is 9.18 Å². The Bertz CT molecular complexity index is 643. The molecule has 1 aromatic rings. The Morgan fingerprint density at radius 3 is 2.48 bits per heavy atom. The Hall–Kier alpha value is -2.15. The molecule has 6 nitrogen and oxygen atoms in total. The highest BCUT2D eigenvalue weighted by atomic mass is 19.1. The summed E-state index contributed by atoms with van der Waals surface area (Å²) in [4.78, 5) is 28.0. The standard InChI is InChI=1S/C18H23FN2O4/c1-20-17(24)21(16(23)18(20)9-3-2-4-10-18)11-14(22)12-25-15-7-5-13(19)6-8-15/h5-8,14,22H,2-4,9-12H2,1H3/t14-/m0/s1. The van der Waals surface area contributed by atoms with E-state index in [1.165, 1.54) is 29.2 Å². The Kier molecular flexibility index (Phi) is 4.94. The van der Waals surface area contributed by atoms with Gasteiger partial charge in [-0.15, -0.1) is 0 Å². The average molecular weight is 350 g/mol. The van der Waals surface area contributed by atoms with Gasteiger partial charge in [-0.2, -0.15) is 0 Å². The normalized spacial score (nSPS) is 21.1. The molecule has 1 spiro atoms. The number of halogens is 1. The number of hydrogen-bond acceptors (Lipinski definition) is 4. The van der Waals surface area contributed by atoms with Gasteiger partial charge in [0.15, 0.2) is 0 Å². The highest BCUT2D eigenvalue weighted by Gasteiger charge is 2.55. The van der Waals surface area contributed by atoms with Crippen LogP contribution in [-0.4, -0.2) is 58.7 Å². The number of amides is 3. The topological polar surface area (TPSA) is 70.1 Å². The fourth-order valence-electron chi connectivity index (χ4n) is 3.68. The van der Waals surface area contributed by atoms with E-state index < -0.39 is 11.6 Å². The molecule has 7 heteroatoms. The van der Waals surface area contributed by atoms with Crippen LogP contribution in [0.1, 0.15) is 32.1 Å².